The molecule has 0 aromatic carbocycles. The van der Waals surface area contributed by atoms with E-state index in [-0.39, 0.29) is 5.92 Å². The maximum Gasteiger partial charge on any atom is 0.0827 e. The third-order valence-electron chi connectivity index (χ3n) is 3.71. The lowest BCUT2D eigenvalue weighted by Gasteiger charge is -2.26. The van der Waals surface area contributed by atoms with Crippen molar-refractivity contribution in [2.24, 2.45) is 5.92 Å². The molecule has 0 aromatic rings. The lowest BCUT2D eigenvalue weighted by molar-refractivity contribution is -0.0263. The molecular formula is C18H34O2. The summed E-state index contributed by atoms with van der Waals surface area (Å²) in [5.41, 5.74) is 0. The molecule has 118 valence electrons. The highest BCUT2D eigenvalue weighted by atomic mass is 16.3. The quantitative estimate of drug-likeness (QED) is 0.513. The van der Waals surface area contributed by atoms with E-state index in [1.165, 1.54) is 0 Å². The van der Waals surface area contributed by atoms with Crippen LogP contribution in [-0.2, 0) is 0 Å². The van der Waals surface area contributed by atoms with Gasteiger partial charge >= 0.3 is 0 Å². The molecule has 0 aliphatic rings. The second kappa shape index (κ2) is 13.4. The van der Waals surface area contributed by atoms with Crippen molar-refractivity contribution in [2.75, 3.05) is 0 Å². The van der Waals surface area contributed by atoms with E-state index in [4.69, 9.17) is 0 Å². The first kappa shape index (κ1) is 19.4. The normalized spacial score (nSPS) is 16.9. The Morgan fingerprint density at radius 2 is 1.55 bits per heavy atom. The van der Waals surface area contributed by atoms with E-state index in [0.29, 0.717) is 6.42 Å². The molecule has 2 heteroatoms. The van der Waals surface area contributed by atoms with Crippen LogP contribution in [0.25, 0.3) is 0 Å². The summed E-state index contributed by atoms with van der Waals surface area (Å²) in [7, 11) is 0. The van der Waals surface area contributed by atoms with E-state index in [2.05, 4.69) is 45.1 Å². The number of rotatable bonds is 12. The molecule has 0 saturated heterocycles. The van der Waals surface area contributed by atoms with Crippen LogP contribution in [-0.4, -0.2) is 22.4 Å². The average Bonchev–Trinajstić information content (AvgIpc) is 2.46. The summed E-state index contributed by atoms with van der Waals surface area (Å²) in [5.74, 6) is 0.215. The summed E-state index contributed by atoms with van der Waals surface area (Å²) in [6, 6.07) is 0. The zero-order chi connectivity index (χ0) is 15.2. The van der Waals surface area contributed by atoms with Crippen LogP contribution in [0.15, 0.2) is 24.3 Å². The highest BCUT2D eigenvalue weighted by Crippen LogP contribution is 2.22. The monoisotopic (exact) mass is 282 g/mol. The molecule has 0 radical (unpaired) electrons. The molecule has 0 amide bonds. The molecule has 0 fully saturated rings. The molecule has 0 aromatic heterocycles. The van der Waals surface area contributed by atoms with Crippen LogP contribution in [0.5, 0.6) is 0 Å². The van der Waals surface area contributed by atoms with Gasteiger partial charge in [-0.3, -0.25) is 0 Å². The largest absolute Gasteiger partial charge is 0.390 e. The molecule has 3 atom stereocenters. The smallest absolute Gasteiger partial charge is 0.0827 e. The van der Waals surface area contributed by atoms with E-state index in [9.17, 15) is 10.2 Å². The fourth-order valence-electron chi connectivity index (χ4n) is 2.45. The van der Waals surface area contributed by atoms with Gasteiger partial charge < -0.3 is 10.2 Å². The Bertz CT molecular complexity index is 258. The first-order valence-corrected chi connectivity index (χ1v) is 8.35. The third-order valence-corrected chi connectivity index (χ3v) is 3.71. The summed E-state index contributed by atoms with van der Waals surface area (Å²) in [6.07, 6.45) is 15.1. The van der Waals surface area contributed by atoms with Crippen LogP contribution >= 0.6 is 0 Å². The standard InChI is InChI=1S/C18H34O2/c1-4-7-9-10-11-12-14-16(13-6-3)18(20)17(19)15-8-5-2/h7,9-11,16-20H,4-6,8,12-15H2,1-3H3/b9-7-,11-10-. The Balaban J connectivity index is 4.18. The highest BCUT2D eigenvalue weighted by Gasteiger charge is 2.24. The lowest BCUT2D eigenvalue weighted by Crippen LogP contribution is -2.33. The number of unbranched alkanes of at least 4 members (excludes halogenated alkanes) is 1. The van der Waals surface area contributed by atoms with Crippen molar-refractivity contribution in [3.05, 3.63) is 24.3 Å². The van der Waals surface area contributed by atoms with Gasteiger partial charge in [0.2, 0.25) is 0 Å². The van der Waals surface area contributed by atoms with Gasteiger partial charge in [0.15, 0.2) is 0 Å². The molecule has 0 saturated carbocycles. The van der Waals surface area contributed by atoms with Gasteiger partial charge in [-0.25, -0.2) is 0 Å². The number of aliphatic hydroxyl groups is 2. The molecule has 0 spiro atoms. The molecule has 3 unspecified atom stereocenters. The van der Waals surface area contributed by atoms with Gasteiger partial charge in [0.1, 0.15) is 0 Å². The maximum absolute atomic E-state index is 10.3. The van der Waals surface area contributed by atoms with Gasteiger partial charge in [0, 0.05) is 0 Å². The molecule has 0 aliphatic heterocycles. The summed E-state index contributed by atoms with van der Waals surface area (Å²) in [5, 5.41) is 20.3. The zero-order valence-electron chi connectivity index (χ0n) is 13.6. The van der Waals surface area contributed by atoms with Gasteiger partial charge in [-0.05, 0) is 38.0 Å². The summed E-state index contributed by atoms with van der Waals surface area (Å²) < 4.78 is 0. The van der Waals surface area contributed by atoms with Gasteiger partial charge in [-0.1, -0.05) is 64.3 Å². The van der Waals surface area contributed by atoms with Crippen molar-refractivity contribution in [1.29, 1.82) is 0 Å². The average molecular weight is 282 g/mol. The van der Waals surface area contributed by atoms with Crippen LogP contribution in [0.2, 0.25) is 0 Å². The van der Waals surface area contributed by atoms with Gasteiger partial charge in [-0.15, -0.1) is 0 Å². The third kappa shape index (κ3) is 9.33. The number of allylic oxidation sites excluding steroid dienone is 4. The van der Waals surface area contributed by atoms with Crippen LogP contribution in [0.1, 0.15) is 72.1 Å². The van der Waals surface area contributed by atoms with E-state index < -0.39 is 12.2 Å². The fraction of sp³-hybridized carbons (Fsp3) is 0.778. The van der Waals surface area contributed by atoms with Gasteiger partial charge in [0.25, 0.3) is 0 Å². The van der Waals surface area contributed by atoms with Crippen LogP contribution < -0.4 is 0 Å². The Labute approximate surface area is 125 Å². The Morgan fingerprint density at radius 1 is 0.850 bits per heavy atom. The molecule has 2 N–H and O–H groups in total. The number of hydrogen-bond acceptors (Lipinski definition) is 2. The van der Waals surface area contributed by atoms with Crippen molar-refractivity contribution in [3.8, 4) is 0 Å². The van der Waals surface area contributed by atoms with Crippen LogP contribution in [0, 0.1) is 5.92 Å². The Morgan fingerprint density at radius 3 is 2.15 bits per heavy atom. The molecule has 0 heterocycles. The van der Waals surface area contributed by atoms with E-state index in [0.717, 1.165) is 44.9 Å². The van der Waals surface area contributed by atoms with E-state index >= 15 is 0 Å². The summed E-state index contributed by atoms with van der Waals surface area (Å²) in [6.45, 7) is 6.37. The van der Waals surface area contributed by atoms with Crippen LogP contribution in [0.4, 0.5) is 0 Å². The Kier molecular flexibility index (Phi) is 13.0. The van der Waals surface area contributed by atoms with Crippen molar-refractivity contribution < 1.29 is 10.2 Å². The first-order valence-electron chi connectivity index (χ1n) is 8.35. The minimum absolute atomic E-state index is 0.215. The molecular weight excluding hydrogens is 248 g/mol. The summed E-state index contributed by atoms with van der Waals surface area (Å²) in [4.78, 5) is 0. The first-order chi connectivity index (χ1) is 9.67. The second-order valence-corrected chi connectivity index (χ2v) is 5.59. The maximum atomic E-state index is 10.3. The number of hydrogen-bond donors (Lipinski definition) is 2. The predicted molar refractivity (Wildman–Crippen MR) is 87.7 cm³/mol. The Hall–Kier alpha value is -0.600. The molecule has 0 bridgehead atoms. The lowest BCUT2D eigenvalue weighted by atomic mass is 9.87. The number of aliphatic hydroxyl groups excluding tert-OH is 2. The fourth-order valence-corrected chi connectivity index (χ4v) is 2.45. The SMILES string of the molecule is CC/C=C\C=C/CCC(CCC)C(O)C(O)CCCC. The van der Waals surface area contributed by atoms with Crippen molar-refractivity contribution in [3.63, 3.8) is 0 Å². The topological polar surface area (TPSA) is 40.5 Å². The minimum atomic E-state index is -0.568. The van der Waals surface area contributed by atoms with Crippen molar-refractivity contribution in [1.82, 2.24) is 0 Å². The van der Waals surface area contributed by atoms with Crippen molar-refractivity contribution in [2.45, 2.75) is 84.3 Å². The molecule has 20 heavy (non-hydrogen) atoms. The highest BCUT2D eigenvalue weighted by molar-refractivity contribution is 5.02. The second-order valence-electron chi connectivity index (χ2n) is 5.59. The van der Waals surface area contributed by atoms with Gasteiger partial charge in [-0.2, -0.15) is 0 Å². The van der Waals surface area contributed by atoms with E-state index in [1.54, 1.807) is 0 Å². The van der Waals surface area contributed by atoms with Crippen molar-refractivity contribution >= 4 is 0 Å². The minimum Gasteiger partial charge on any atom is -0.390 e. The predicted octanol–water partition coefficient (Wildman–Crippen LogP) is 4.62. The van der Waals surface area contributed by atoms with Crippen LogP contribution in [0.3, 0.4) is 0 Å². The molecule has 0 aliphatic carbocycles. The molecule has 0 rings (SSSR count). The summed E-state index contributed by atoms with van der Waals surface area (Å²) >= 11 is 0. The molecule has 2 nitrogen and oxygen atoms in total. The van der Waals surface area contributed by atoms with E-state index in [1.807, 2.05) is 0 Å². The zero-order valence-corrected chi connectivity index (χ0v) is 13.6. The van der Waals surface area contributed by atoms with Gasteiger partial charge in [0.05, 0.1) is 12.2 Å².